The first-order valence-electron chi connectivity index (χ1n) is 5.36. The van der Waals surface area contributed by atoms with Crippen LogP contribution in [0.15, 0.2) is 0 Å². The van der Waals surface area contributed by atoms with Gasteiger partial charge in [0.2, 0.25) is 0 Å². The van der Waals surface area contributed by atoms with Crippen molar-refractivity contribution in [3.8, 4) is 0 Å². The zero-order valence-electron chi connectivity index (χ0n) is 9.75. The Bertz CT molecular complexity index is 199. The highest BCUT2D eigenvalue weighted by molar-refractivity contribution is 5.85. The van der Waals surface area contributed by atoms with Crippen molar-refractivity contribution in [2.24, 2.45) is 0 Å². The molecule has 0 saturated carbocycles. The molecule has 1 aliphatic heterocycles. The predicted molar refractivity (Wildman–Crippen MR) is 64.6 cm³/mol. The Morgan fingerprint density at radius 1 is 1.47 bits per heavy atom. The minimum absolute atomic E-state index is 0. The summed E-state index contributed by atoms with van der Waals surface area (Å²) in [5.74, 6) is 0. The zero-order valence-corrected chi connectivity index (χ0v) is 10.6. The first-order chi connectivity index (χ1) is 6.63. The van der Waals surface area contributed by atoms with Gasteiger partial charge in [-0.3, -0.25) is 0 Å². The van der Waals surface area contributed by atoms with Crippen LogP contribution in [0.1, 0.15) is 26.7 Å². The van der Waals surface area contributed by atoms with E-state index >= 15 is 0 Å². The molecule has 0 aromatic rings. The Morgan fingerprint density at radius 3 is 2.67 bits per heavy atom. The lowest BCUT2D eigenvalue weighted by molar-refractivity contribution is 0.172. The summed E-state index contributed by atoms with van der Waals surface area (Å²) in [5.41, 5.74) is 0. The van der Waals surface area contributed by atoms with Crippen LogP contribution in [-0.2, 0) is 0 Å². The average Bonchev–Trinajstić information content (AvgIpc) is 2.17. The molecule has 1 aliphatic rings. The van der Waals surface area contributed by atoms with E-state index in [9.17, 15) is 4.79 Å². The van der Waals surface area contributed by atoms with Crippen molar-refractivity contribution >= 4 is 18.4 Å². The largest absolute Gasteiger partial charge is 0.336 e. The third-order valence-corrected chi connectivity index (χ3v) is 2.53. The van der Waals surface area contributed by atoms with E-state index in [0.29, 0.717) is 6.04 Å². The fourth-order valence-electron chi connectivity index (χ4n) is 1.74. The van der Waals surface area contributed by atoms with Crippen molar-refractivity contribution in [2.45, 2.75) is 38.8 Å². The molecule has 1 fully saturated rings. The lowest BCUT2D eigenvalue weighted by atomic mass is 10.1. The summed E-state index contributed by atoms with van der Waals surface area (Å²) < 4.78 is 0. The van der Waals surface area contributed by atoms with E-state index < -0.39 is 0 Å². The predicted octanol–water partition coefficient (Wildman–Crippen LogP) is 1.21. The quantitative estimate of drug-likeness (QED) is 0.756. The van der Waals surface area contributed by atoms with Crippen LogP contribution in [0.3, 0.4) is 0 Å². The second kappa shape index (κ2) is 6.90. The molecule has 1 unspecified atom stereocenters. The molecular weight excluding hydrogens is 214 g/mol. The number of carbonyl (C=O) groups is 1. The number of hydrogen-bond acceptors (Lipinski definition) is 2. The molecule has 90 valence electrons. The van der Waals surface area contributed by atoms with Crippen molar-refractivity contribution in [1.29, 1.82) is 0 Å². The van der Waals surface area contributed by atoms with E-state index in [2.05, 4.69) is 10.6 Å². The molecule has 0 aromatic heterocycles. The van der Waals surface area contributed by atoms with Gasteiger partial charge in [-0.1, -0.05) is 0 Å². The van der Waals surface area contributed by atoms with Gasteiger partial charge in [0.05, 0.1) is 0 Å². The number of hydrogen-bond donors (Lipinski definition) is 2. The van der Waals surface area contributed by atoms with Gasteiger partial charge in [0.1, 0.15) is 0 Å². The number of nitrogens with one attached hydrogen (secondary N) is 2. The fourth-order valence-corrected chi connectivity index (χ4v) is 1.74. The first kappa shape index (κ1) is 14.5. The van der Waals surface area contributed by atoms with Crippen LogP contribution in [0.4, 0.5) is 4.79 Å². The molecule has 15 heavy (non-hydrogen) atoms. The molecule has 1 atom stereocenters. The summed E-state index contributed by atoms with van der Waals surface area (Å²) in [6.45, 7) is 5.68. The van der Waals surface area contributed by atoms with Gasteiger partial charge in [0.15, 0.2) is 0 Å². The number of likely N-dealkylation sites (tertiary alicyclic amines) is 1. The molecule has 4 nitrogen and oxygen atoms in total. The van der Waals surface area contributed by atoms with Gasteiger partial charge in [-0.25, -0.2) is 4.79 Å². The summed E-state index contributed by atoms with van der Waals surface area (Å²) in [4.78, 5) is 13.6. The van der Waals surface area contributed by atoms with Gasteiger partial charge in [-0.05, 0) is 33.7 Å². The molecule has 2 N–H and O–H groups in total. The smallest absolute Gasteiger partial charge is 0.317 e. The number of carbonyl (C=O) groups excluding carboxylic acids is 1. The number of rotatable bonds is 2. The fraction of sp³-hybridized carbons (Fsp3) is 0.900. The van der Waals surface area contributed by atoms with Crippen molar-refractivity contribution in [1.82, 2.24) is 15.5 Å². The maximum absolute atomic E-state index is 11.7. The Balaban J connectivity index is 0.00000196. The highest BCUT2D eigenvalue weighted by Crippen LogP contribution is 2.09. The topological polar surface area (TPSA) is 44.4 Å². The maximum Gasteiger partial charge on any atom is 0.317 e. The summed E-state index contributed by atoms with van der Waals surface area (Å²) in [7, 11) is 1.95. The highest BCUT2D eigenvalue weighted by atomic mass is 35.5. The van der Waals surface area contributed by atoms with Crippen molar-refractivity contribution < 1.29 is 4.79 Å². The number of amides is 2. The number of piperidine rings is 1. The van der Waals surface area contributed by atoms with Gasteiger partial charge in [-0.2, -0.15) is 0 Å². The molecule has 5 heteroatoms. The molecule has 1 rings (SSSR count). The normalized spacial score (nSPS) is 21.1. The lowest BCUT2D eigenvalue weighted by Crippen LogP contribution is -2.51. The third-order valence-electron chi connectivity index (χ3n) is 2.53. The molecule has 0 aliphatic carbocycles. The Labute approximate surface area is 98.2 Å². The van der Waals surface area contributed by atoms with Crippen LogP contribution in [0.5, 0.6) is 0 Å². The van der Waals surface area contributed by atoms with Crippen LogP contribution in [0, 0.1) is 0 Å². The second-order valence-electron chi connectivity index (χ2n) is 4.18. The minimum Gasteiger partial charge on any atom is -0.336 e. The molecule has 2 amide bonds. The average molecular weight is 236 g/mol. The van der Waals surface area contributed by atoms with Crippen LogP contribution in [0.25, 0.3) is 0 Å². The monoisotopic (exact) mass is 235 g/mol. The molecule has 0 bridgehead atoms. The Kier molecular flexibility index (Phi) is 6.68. The van der Waals surface area contributed by atoms with Gasteiger partial charge in [0, 0.05) is 25.2 Å². The van der Waals surface area contributed by atoms with E-state index in [1.165, 1.54) is 6.42 Å². The molecule has 0 spiro atoms. The minimum atomic E-state index is 0. The van der Waals surface area contributed by atoms with Crippen LogP contribution >= 0.6 is 12.4 Å². The summed E-state index contributed by atoms with van der Waals surface area (Å²) >= 11 is 0. The molecule has 0 radical (unpaired) electrons. The lowest BCUT2D eigenvalue weighted by Gasteiger charge is -2.33. The number of likely N-dealkylation sites (N-methyl/N-ethyl adjacent to an activating group) is 1. The van der Waals surface area contributed by atoms with Gasteiger partial charge < -0.3 is 15.5 Å². The van der Waals surface area contributed by atoms with Crippen LogP contribution in [-0.4, -0.2) is 43.2 Å². The van der Waals surface area contributed by atoms with E-state index in [-0.39, 0.29) is 24.5 Å². The number of halogens is 1. The van der Waals surface area contributed by atoms with Gasteiger partial charge >= 0.3 is 6.03 Å². The standard InChI is InChI=1S/C10H21N3O.ClH/c1-8(2)12-10(14)13-6-4-5-9(7-13)11-3;/h8-9,11H,4-7H2,1-3H3,(H,12,14);1H. The molecule has 0 aromatic carbocycles. The van der Waals surface area contributed by atoms with E-state index in [1.54, 1.807) is 0 Å². The van der Waals surface area contributed by atoms with Crippen LogP contribution < -0.4 is 10.6 Å². The van der Waals surface area contributed by atoms with Crippen LogP contribution in [0.2, 0.25) is 0 Å². The Hall–Kier alpha value is -0.480. The summed E-state index contributed by atoms with van der Waals surface area (Å²) in [6.07, 6.45) is 2.26. The van der Waals surface area contributed by atoms with E-state index in [0.717, 1.165) is 19.5 Å². The summed E-state index contributed by atoms with van der Waals surface area (Å²) in [5, 5.41) is 6.14. The number of urea groups is 1. The first-order valence-corrected chi connectivity index (χ1v) is 5.36. The van der Waals surface area contributed by atoms with Gasteiger partial charge in [0.25, 0.3) is 0 Å². The summed E-state index contributed by atoms with van der Waals surface area (Å²) in [6, 6.07) is 0.749. The molecule has 1 heterocycles. The highest BCUT2D eigenvalue weighted by Gasteiger charge is 2.22. The maximum atomic E-state index is 11.7. The number of nitrogens with zero attached hydrogens (tertiary/aromatic N) is 1. The molecule has 1 saturated heterocycles. The van der Waals surface area contributed by atoms with Crippen molar-refractivity contribution in [3.63, 3.8) is 0 Å². The van der Waals surface area contributed by atoms with E-state index in [1.807, 2.05) is 25.8 Å². The third kappa shape index (κ3) is 4.71. The van der Waals surface area contributed by atoms with Crippen molar-refractivity contribution in [2.75, 3.05) is 20.1 Å². The molecular formula is C10H22ClN3O. The van der Waals surface area contributed by atoms with E-state index in [4.69, 9.17) is 0 Å². The SMILES string of the molecule is CNC1CCCN(C(=O)NC(C)C)C1.Cl. The Morgan fingerprint density at radius 2 is 2.13 bits per heavy atom. The zero-order chi connectivity index (χ0) is 10.6. The van der Waals surface area contributed by atoms with Gasteiger partial charge in [-0.15, -0.1) is 12.4 Å². The van der Waals surface area contributed by atoms with Crippen molar-refractivity contribution in [3.05, 3.63) is 0 Å². The second-order valence-corrected chi connectivity index (χ2v) is 4.18.